The van der Waals surface area contributed by atoms with Crippen LogP contribution in [0.3, 0.4) is 0 Å². The number of amidine groups is 1. The first kappa shape index (κ1) is 14.7. The standard InChI is InChI=1S/C14H20N4OS/c1-8-9(2)20-14(16-8)17-13(19)11-6-5-10(18(3)4)7-12(11)15/h5-9H,15H2,1-4H3,(H,16,17,19). The van der Waals surface area contributed by atoms with Crippen molar-refractivity contribution in [3.63, 3.8) is 0 Å². The Hall–Kier alpha value is -1.69. The number of hydrogen-bond donors (Lipinski definition) is 2. The molecule has 20 heavy (non-hydrogen) atoms. The fraction of sp³-hybridized carbons (Fsp3) is 0.429. The largest absolute Gasteiger partial charge is 0.398 e. The van der Waals surface area contributed by atoms with Crippen LogP contribution in [-0.2, 0) is 0 Å². The molecule has 1 amide bonds. The van der Waals surface area contributed by atoms with E-state index < -0.39 is 0 Å². The van der Waals surface area contributed by atoms with Gasteiger partial charge < -0.3 is 16.0 Å². The van der Waals surface area contributed by atoms with E-state index in [-0.39, 0.29) is 11.9 Å². The van der Waals surface area contributed by atoms with Gasteiger partial charge in [0.25, 0.3) is 5.91 Å². The molecule has 0 radical (unpaired) electrons. The zero-order valence-corrected chi connectivity index (χ0v) is 13.0. The van der Waals surface area contributed by atoms with Gasteiger partial charge in [-0.05, 0) is 25.1 Å². The predicted octanol–water partition coefficient (Wildman–Crippen LogP) is 1.94. The van der Waals surface area contributed by atoms with Gasteiger partial charge in [-0.1, -0.05) is 18.7 Å². The fourth-order valence-corrected chi connectivity index (χ4v) is 2.84. The molecule has 6 heteroatoms. The second kappa shape index (κ2) is 5.75. The SMILES string of the molecule is CC1N=C(NC(=O)c2ccc(N(C)C)cc2N)SC1C. The lowest BCUT2D eigenvalue weighted by Gasteiger charge is -2.14. The summed E-state index contributed by atoms with van der Waals surface area (Å²) < 4.78 is 0. The summed E-state index contributed by atoms with van der Waals surface area (Å²) in [6.45, 7) is 4.13. The molecule has 0 bridgehead atoms. The van der Waals surface area contributed by atoms with E-state index in [1.807, 2.05) is 32.0 Å². The van der Waals surface area contributed by atoms with Gasteiger partial charge in [0.1, 0.15) is 0 Å². The number of nitrogen functional groups attached to an aromatic ring is 1. The van der Waals surface area contributed by atoms with Crippen molar-refractivity contribution in [2.24, 2.45) is 4.99 Å². The molecule has 2 unspecified atom stereocenters. The van der Waals surface area contributed by atoms with E-state index in [2.05, 4.69) is 17.2 Å². The molecular formula is C14H20N4OS. The molecule has 1 aromatic rings. The van der Waals surface area contributed by atoms with Crippen LogP contribution < -0.4 is 16.0 Å². The number of rotatable bonds is 2. The Bertz CT molecular complexity index is 556. The maximum Gasteiger partial charge on any atom is 0.259 e. The summed E-state index contributed by atoms with van der Waals surface area (Å²) in [5.41, 5.74) is 7.87. The van der Waals surface area contributed by atoms with Gasteiger partial charge in [0.05, 0.1) is 11.6 Å². The Morgan fingerprint density at radius 2 is 2.10 bits per heavy atom. The minimum absolute atomic E-state index is 0.208. The fourth-order valence-electron chi connectivity index (χ4n) is 1.86. The molecule has 2 atom stereocenters. The van der Waals surface area contributed by atoms with E-state index in [0.29, 0.717) is 21.7 Å². The van der Waals surface area contributed by atoms with Crippen molar-refractivity contribution in [3.05, 3.63) is 23.8 Å². The lowest BCUT2D eigenvalue weighted by atomic mass is 10.1. The molecule has 0 aliphatic carbocycles. The minimum atomic E-state index is -0.208. The highest BCUT2D eigenvalue weighted by atomic mass is 32.2. The van der Waals surface area contributed by atoms with E-state index in [4.69, 9.17) is 5.73 Å². The van der Waals surface area contributed by atoms with Gasteiger partial charge in [-0.2, -0.15) is 0 Å². The quantitative estimate of drug-likeness (QED) is 0.817. The highest BCUT2D eigenvalue weighted by molar-refractivity contribution is 8.14. The molecule has 1 aliphatic heterocycles. The van der Waals surface area contributed by atoms with E-state index in [0.717, 1.165) is 5.69 Å². The van der Waals surface area contributed by atoms with Gasteiger partial charge in [0, 0.05) is 30.7 Å². The first-order valence-corrected chi connectivity index (χ1v) is 7.39. The Morgan fingerprint density at radius 3 is 2.60 bits per heavy atom. The second-order valence-electron chi connectivity index (χ2n) is 5.12. The molecule has 1 heterocycles. The molecule has 0 saturated carbocycles. The zero-order valence-electron chi connectivity index (χ0n) is 12.2. The number of nitrogens with zero attached hydrogens (tertiary/aromatic N) is 2. The summed E-state index contributed by atoms with van der Waals surface area (Å²) in [4.78, 5) is 18.6. The number of carbonyl (C=O) groups is 1. The summed E-state index contributed by atoms with van der Waals surface area (Å²) in [5.74, 6) is -0.208. The number of benzene rings is 1. The van der Waals surface area contributed by atoms with Gasteiger partial charge in [-0.25, -0.2) is 0 Å². The van der Waals surface area contributed by atoms with Crippen molar-refractivity contribution in [1.29, 1.82) is 0 Å². The molecule has 2 rings (SSSR count). The summed E-state index contributed by atoms with van der Waals surface area (Å²) in [6, 6.07) is 5.64. The molecule has 0 fully saturated rings. The Kier molecular flexibility index (Phi) is 4.23. The third kappa shape index (κ3) is 3.07. The molecule has 0 aromatic heterocycles. The van der Waals surface area contributed by atoms with Crippen LogP contribution in [0, 0.1) is 0 Å². The smallest absolute Gasteiger partial charge is 0.259 e. The third-order valence-electron chi connectivity index (χ3n) is 3.31. The van der Waals surface area contributed by atoms with E-state index >= 15 is 0 Å². The normalized spacial score (nSPS) is 21.5. The van der Waals surface area contributed by atoms with Crippen LogP contribution in [-0.4, -0.2) is 36.5 Å². The number of carbonyl (C=O) groups excluding carboxylic acids is 1. The van der Waals surface area contributed by atoms with Crippen molar-refractivity contribution < 1.29 is 4.79 Å². The molecule has 5 nitrogen and oxygen atoms in total. The maximum absolute atomic E-state index is 12.2. The molecular weight excluding hydrogens is 272 g/mol. The second-order valence-corrected chi connectivity index (χ2v) is 6.48. The van der Waals surface area contributed by atoms with Gasteiger partial charge >= 0.3 is 0 Å². The van der Waals surface area contributed by atoms with Crippen molar-refractivity contribution in [2.75, 3.05) is 24.7 Å². The topological polar surface area (TPSA) is 70.7 Å². The molecule has 3 N–H and O–H groups in total. The van der Waals surface area contributed by atoms with Crippen molar-refractivity contribution in [1.82, 2.24) is 5.32 Å². The van der Waals surface area contributed by atoms with Crippen molar-refractivity contribution in [3.8, 4) is 0 Å². The van der Waals surface area contributed by atoms with E-state index in [9.17, 15) is 4.79 Å². The van der Waals surface area contributed by atoms with Crippen LogP contribution in [0.1, 0.15) is 24.2 Å². The maximum atomic E-state index is 12.2. The zero-order chi connectivity index (χ0) is 14.9. The van der Waals surface area contributed by atoms with Gasteiger partial charge in [0.15, 0.2) is 5.17 Å². The molecule has 108 valence electrons. The van der Waals surface area contributed by atoms with Crippen molar-refractivity contribution in [2.45, 2.75) is 25.1 Å². The Balaban J connectivity index is 2.12. The van der Waals surface area contributed by atoms with E-state index in [1.165, 1.54) is 0 Å². The van der Waals surface area contributed by atoms with Crippen LogP contribution in [0.5, 0.6) is 0 Å². The minimum Gasteiger partial charge on any atom is -0.398 e. The lowest BCUT2D eigenvalue weighted by Crippen LogP contribution is -2.28. The average Bonchev–Trinajstić information content (AvgIpc) is 2.67. The predicted molar refractivity (Wildman–Crippen MR) is 86.6 cm³/mol. The van der Waals surface area contributed by atoms with E-state index in [1.54, 1.807) is 23.9 Å². The van der Waals surface area contributed by atoms with Gasteiger partial charge in [0.2, 0.25) is 0 Å². The molecule has 0 saturated heterocycles. The number of anilines is 2. The Morgan fingerprint density at radius 1 is 1.40 bits per heavy atom. The van der Waals surface area contributed by atoms with Gasteiger partial charge in [-0.15, -0.1) is 0 Å². The van der Waals surface area contributed by atoms with Gasteiger partial charge in [-0.3, -0.25) is 9.79 Å². The third-order valence-corrected chi connectivity index (χ3v) is 4.51. The number of nitrogens with two attached hydrogens (primary N) is 1. The number of thioether (sulfide) groups is 1. The highest BCUT2D eigenvalue weighted by Gasteiger charge is 2.24. The number of aliphatic imine (C=N–C) groups is 1. The van der Waals surface area contributed by atoms with Crippen LogP contribution >= 0.6 is 11.8 Å². The molecule has 0 spiro atoms. The number of hydrogen-bond acceptors (Lipinski definition) is 5. The summed E-state index contributed by atoms with van der Waals surface area (Å²) in [7, 11) is 3.86. The van der Waals surface area contributed by atoms with Crippen LogP contribution in [0.15, 0.2) is 23.2 Å². The first-order chi connectivity index (χ1) is 9.38. The van der Waals surface area contributed by atoms with Crippen LogP contribution in [0.4, 0.5) is 11.4 Å². The van der Waals surface area contributed by atoms with Crippen molar-refractivity contribution >= 4 is 34.2 Å². The first-order valence-electron chi connectivity index (χ1n) is 6.51. The van der Waals surface area contributed by atoms with Crippen LogP contribution in [0.2, 0.25) is 0 Å². The molecule has 1 aromatic carbocycles. The monoisotopic (exact) mass is 292 g/mol. The van der Waals surface area contributed by atoms with Crippen LogP contribution in [0.25, 0.3) is 0 Å². The number of amides is 1. The summed E-state index contributed by atoms with van der Waals surface area (Å²) in [5, 5.41) is 3.89. The number of nitrogens with one attached hydrogen (secondary N) is 1. The average molecular weight is 292 g/mol. The summed E-state index contributed by atoms with van der Waals surface area (Å²) in [6.07, 6.45) is 0. The summed E-state index contributed by atoms with van der Waals surface area (Å²) >= 11 is 1.58. The molecule has 1 aliphatic rings. The Labute approximate surface area is 123 Å². The highest BCUT2D eigenvalue weighted by Crippen LogP contribution is 2.25. The lowest BCUT2D eigenvalue weighted by molar-refractivity contribution is 0.0979.